The first-order chi connectivity index (χ1) is 12.4. The molecule has 2 amide bonds. The highest BCUT2D eigenvalue weighted by molar-refractivity contribution is 5.96. The number of carbonyl (C=O) groups is 2. The Morgan fingerprint density at radius 3 is 2.73 bits per heavy atom. The van der Waals surface area contributed by atoms with Crippen LogP contribution in [0.25, 0.3) is 0 Å². The Hall–Kier alpha value is -2.63. The van der Waals surface area contributed by atoms with Crippen LogP contribution < -0.4 is 5.73 Å². The Morgan fingerprint density at radius 2 is 2.08 bits per heavy atom. The van der Waals surface area contributed by atoms with Gasteiger partial charge in [-0.2, -0.15) is 5.10 Å². The topological polar surface area (TPSA) is 81.2 Å². The second kappa shape index (κ2) is 7.32. The maximum Gasteiger partial charge on any atom is 0.257 e. The summed E-state index contributed by atoms with van der Waals surface area (Å²) in [6.45, 7) is 8.14. The number of aromatic nitrogens is 2. The smallest absolute Gasteiger partial charge is 0.257 e. The molecule has 138 valence electrons. The Balaban J connectivity index is 1.69. The minimum absolute atomic E-state index is 0.0769. The SMILES string of the molecule is CCn1nc(C)c(C(=O)N2CC[C@@H](Cc3cccc(C(N)=O)c3)C2)c1C. The lowest BCUT2D eigenvalue weighted by Crippen LogP contribution is -2.29. The van der Waals surface area contributed by atoms with Crippen molar-refractivity contribution in [3.05, 3.63) is 52.3 Å². The van der Waals surface area contributed by atoms with Crippen LogP contribution in [-0.4, -0.2) is 39.6 Å². The lowest BCUT2D eigenvalue weighted by atomic mass is 9.97. The summed E-state index contributed by atoms with van der Waals surface area (Å²) < 4.78 is 1.88. The van der Waals surface area contributed by atoms with Crippen molar-refractivity contribution in [1.82, 2.24) is 14.7 Å². The van der Waals surface area contributed by atoms with E-state index in [1.165, 1.54) is 0 Å². The van der Waals surface area contributed by atoms with E-state index in [0.29, 0.717) is 11.5 Å². The molecule has 1 saturated heterocycles. The maximum atomic E-state index is 13.0. The third-order valence-electron chi connectivity index (χ3n) is 5.20. The van der Waals surface area contributed by atoms with Crippen molar-refractivity contribution in [2.24, 2.45) is 11.7 Å². The van der Waals surface area contributed by atoms with Crippen molar-refractivity contribution in [2.75, 3.05) is 13.1 Å². The van der Waals surface area contributed by atoms with Gasteiger partial charge in [0, 0.05) is 30.9 Å². The van der Waals surface area contributed by atoms with Gasteiger partial charge in [0.1, 0.15) is 0 Å². The number of carbonyl (C=O) groups excluding carboxylic acids is 2. The molecule has 0 radical (unpaired) electrons. The maximum absolute atomic E-state index is 13.0. The van der Waals surface area contributed by atoms with Crippen LogP contribution in [0.4, 0.5) is 0 Å². The van der Waals surface area contributed by atoms with E-state index in [4.69, 9.17) is 5.73 Å². The van der Waals surface area contributed by atoms with Gasteiger partial charge in [-0.3, -0.25) is 14.3 Å². The largest absolute Gasteiger partial charge is 0.366 e. The quantitative estimate of drug-likeness (QED) is 0.895. The summed E-state index contributed by atoms with van der Waals surface area (Å²) >= 11 is 0. The number of hydrogen-bond donors (Lipinski definition) is 1. The number of primary amides is 1. The Morgan fingerprint density at radius 1 is 1.31 bits per heavy atom. The third kappa shape index (κ3) is 3.49. The van der Waals surface area contributed by atoms with Gasteiger partial charge in [-0.25, -0.2) is 0 Å². The van der Waals surface area contributed by atoms with Crippen LogP contribution in [0.3, 0.4) is 0 Å². The molecule has 2 heterocycles. The standard InChI is InChI=1S/C20H26N4O2/c1-4-24-14(3)18(13(2)22-24)20(26)23-9-8-16(12-23)10-15-6-5-7-17(11-15)19(21)25/h5-7,11,16H,4,8-10,12H2,1-3H3,(H2,21,25)/t16-/m0/s1. The monoisotopic (exact) mass is 354 g/mol. The Labute approximate surface area is 154 Å². The van der Waals surface area contributed by atoms with Crippen LogP contribution in [-0.2, 0) is 13.0 Å². The van der Waals surface area contributed by atoms with Crippen molar-refractivity contribution in [2.45, 2.75) is 40.2 Å². The molecular weight excluding hydrogens is 328 g/mol. The van der Waals surface area contributed by atoms with Crippen LogP contribution in [0, 0.1) is 19.8 Å². The molecule has 1 aliphatic heterocycles. The van der Waals surface area contributed by atoms with Gasteiger partial charge in [0.25, 0.3) is 5.91 Å². The van der Waals surface area contributed by atoms with Crippen LogP contribution in [0.2, 0.25) is 0 Å². The molecule has 1 fully saturated rings. The van der Waals surface area contributed by atoms with Crippen molar-refractivity contribution >= 4 is 11.8 Å². The van der Waals surface area contributed by atoms with E-state index in [0.717, 1.165) is 55.0 Å². The number of aryl methyl sites for hydroxylation is 2. The fraction of sp³-hybridized carbons (Fsp3) is 0.450. The highest BCUT2D eigenvalue weighted by Crippen LogP contribution is 2.25. The second-order valence-corrected chi connectivity index (χ2v) is 7.04. The number of rotatable bonds is 5. The molecule has 26 heavy (non-hydrogen) atoms. The van der Waals surface area contributed by atoms with Crippen molar-refractivity contribution in [3.8, 4) is 0 Å². The van der Waals surface area contributed by atoms with E-state index in [1.807, 2.05) is 48.6 Å². The molecule has 0 bridgehead atoms. The van der Waals surface area contributed by atoms with Crippen molar-refractivity contribution in [1.29, 1.82) is 0 Å². The molecule has 6 heteroatoms. The first-order valence-corrected chi connectivity index (χ1v) is 9.12. The molecule has 1 atom stereocenters. The van der Waals surface area contributed by atoms with E-state index in [9.17, 15) is 9.59 Å². The summed E-state index contributed by atoms with van der Waals surface area (Å²) in [4.78, 5) is 26.2. The molecule has 0 aliphatic carbocycles. The highest BCUT2D eigenvalue weighted by atomic mass is 16.2. The minimum atomic E-state index is -0.408. The first-order valence-electron chi connectivity index (χ1n) is 9.12. The number of likely N-dealkylation sites (tertiary alicyclic amines) is 1. The van der Waals surface area contributed by atoms with Crippen LogP contribution in [0.15, 0.2) is 24.3 Å². The van der Waals surface area contributed by atoms with E-state index >= 15 is 0 Å². The normalized spacial score (nSPS) is 16.9. The predicted octanol–water partition coefficient (Wildman–Crippen LogP) is 2.32. The lowest BCUT2D eigenvalue weighted by Gasteiger charge is -2.17. The van der Waals surface area contributed by atoms with Gasteiger partial charge in [-0.05, 0) is 57.2 Å². The average molecular weight is 354 g/mol. The number of benzene rings is 1. The predicted molar refractivity (Wildman–Crippen MR) is 100 cm³/mol. The van der Waals surface area contributed by atoms with Crippen LogP contribution in [0.1, 0.15) is 51.0 Å². The summed E-state index contributed by atoms with van der Waals surface area (Å²) in [5.41, 5.74) is 9.46. The zero-order chi connectivity index (χ0) is 18.8. The molecule has 1 aliphatic rings. The molecule has 1 aromatic carbocycles. The van der Waals surface area contributed by atoms with Gasteiger partial charge in [0.15, 0.2) is 0 Å². The Kier molecular flexibility index (Phi) is 5.11. The molecule has 2 aromatic rings. The van der Waals surface area contributed by atoms with Crippen LogP contribution >= 0.6 is 0 Å². The molecule has 3 rings (SSSR count). The van der Waals surface area contributed by atoms with Gasteiger partial charge in [0.2, 0.25) is 5.91 Å². The molecule has 0 spiro atoms. The molecule has 1 aromatic heterocycles. The van der Waals surface area contributed by atoms with Crippen molar-refractivity contribution in [3.63, 3.8) is 0 Å². The van der Waals surface area contributed by atoms with Gasteiger partial charge in [0.05, 0.1) is 11.3 Å². The van der Waals surface area contributed by atoms with E-state index < -0.39 is 5.91 Å². The minimum Gasteiger partial charge on any atom is -0.366 e. The zero-order valence-electron chi connectivity index (χ0n) is 15.7. The number of hydrogen-bond acceptors (Lipinski definition) is 3. The fourth-order valence-corrected chi connectivity index (χ4v) is 3.84. The highest BCUT2D eigenvalue weighted by Gasteiger charge is 2.30. The summed E-state index contributed by atoms with van der Waals surface area (Å²) in [7, 11) is 0. The Bertz CT molecular complexity index is 840. The number of amides is 2. The molecular formula is C20H26N4O2. The van der Waals surface area contributed by atoms with E-state index in [1.54, 1.807) is 6.07 Å². The molecule has 2 N–H and O–H groups in total. The third-order valence-corrected chi connectivity index (χ3v) is 5.20. The first kappa shape index (κ1) is 18.2. The fourth-order valence-electron chi connectivity index (χ4n) is 3.84. The van der Waals surface area contributed by atoms with Gasteiger partial charge in [-0.15, -0.1) is 0 Å². The summed E-state index contributed by atoms with van der Waals surface area (Å²) in [5.74, 6) is 0.0611. The lowest BCUT2D eigenvalue weighted by molar-refractivity contribution is 0.0785. The summed E-state index contributed by atoms with van der Waals surface area (Å²) in [5, 5.41) is 4.46. The molecule has 6 nitrogen and oxygen atoms in total. The van der Waals surface area contributed by atoms with Crippen LogP contribution in [0.5, 0.6) is 0 Å². The van der Waals surface area contributed by atoms with Gasteiger partial charge < -0.3 is 10.6 Å². The second-order valence-electron chi connectivity index (χ2n) is 7.04. The van der Waals surface area contributed by atoms with E-state index in [2.05, 4.69) is 5.10 Å². The number of nitrogens with two attached hydrogens (primary N) is 1. The molecule has 0 saturated carbocycles. The van der Waals surface area contributed by atoms with Gasteiger partial charge in [-0.1, -0.05) is 12.1 Å². The van der Waals surface area contributed by atoms with Gasteiger partial charge >= 0.3 is 0 Å². The average Bonchev–Trinajstić information content (AvgIpc) is 3.19. The molecule has 0 unspecified atom stereocenters. The zero-order valence-corrected chi connectivity index (χ0v) is 15.7. The number of nitrogens with zero attached hydrogens (tertiary/aromatic N) is 3. The summed E-state index contributed by atoms with van der Waals surface area (Å²) in [6, 6.07) is 7.45. The van der Waals surface area contributed by atoms with E-state index in [-0.39, 0.29) is 5.91 Å². The summed E-state index contributed by atoms with van der Waals surface area (Å²) in [6.07, 6.45) is 1.81. The van der Waals surface area contributed by atoms with Crippen molar-refractivity contribution < 1.29 is 9.59 Å².